The molecule has 1 aliphatic heterocycles. The Hall–Kier alpha value is -4.04. The molecule has 0 amide bonds. The molecule has 1 aromatic heterocycles. The van der Waals surface area contributed by atoms with Crippen molar-refractivity contribution in [1.82, 2.24) is 15.2 Å². The highest BCUT2D eigenvalue weighted by atomic mass is 32.1. The molecule has 4 aromatic rings. The van der Waals surface area contributed by atoms with Crippen LogP contribution in [0.4, 0.5) is 0 Å². The zero-order chi connectivity index (χ0) is 24.9. The number of nitrogens with zero attached hydrogens (tertiary/aromatic N) is 1. The predicted octanol–water partition coefficient (Wildman–Crippen LogP) is 4.38. The lowest BCUT2D eigenvalue weighted by atomic mass is 10.1. The summed E-state index contributed by atoms with van der Waals surface area (Å²) in [4.78, 5) is 17.9. The molecule has 1 aliphatic rings. The van der Waals surface area contributed by atoms with Crippen LogP contribution in [0.2, 0.25) is 0 Å². The molecule has 8 heteroatoms. The fraction of sp³-hybridized carbons (Fsp3) is 0.214. The first-order valence-corrected chi connectivity index (χ1v) is 12.1. The number of hydrogen-bond acceptors (Lipinski definition) is 5. The fourth-order valence-corrected chi connectivity index (χ4v) is 4.44. The third-order valence-electron chi connectivity index (χ3n) is 6.12. The number of aromatic nitrogens is 1. The molecule has 0 fully saturated rings. The summed E-state index contributed by atoms with van der Waals surface area (Å²) in [5, 5.41) is 4.88. The Bertz CT molecular complexity index is 1440. The van der Waals surface area contributed by atoms with Crippen molar-refractivity contribution in [3.05, 3.63) is 99.8 Å². The third-order valence-corrected chi connectivity index (χ3v) is 6.52. The van der Waals surface area contributed by atoms with Gasteiger partial charge >= 0.3 is 0 Å². The molecule has 2 N–H and O–H groups in total. The lowest BCUT2D eigenvalue weighted by Crippen LogP contribution is -2.40. The molecule has 5 rings (SSSR count). The van der Waals surface area contributed by atoms with Crippen molar-refractivity contribution in [3.8, 4) is 17.2 Å². The third kappa shape index (κ3) is 5.44. The van der Waals surface area contributed by atoms with E-state index < -0.39 is 0 Å². The van der Waals surface area contributed by atoms with E-state index in [1.54, 1.807) is 7.11 Å². The first-order valence-electron chi connectivity index (χ1n) is 11.7. The molecule has 0 atom stereocenters. The molecule has 3 aromatic carbocycles. The van der Waals surface area contributed by atoms with Crippen molar-refractivity contribution in [3.63, 3.8) is 0 Å². The fourth-order valence-electron chi connectivity index (χ4n) is 4.20. The first kappa shape index (κ1) is 23.7. The van der Waals surface area contributed by atoms with Crippen molar-refractivity contribution in [2.75, 3.05) is 20.4 Å². The van der Waals surface area contributed by atoms with Crippen LogP contribution in [0.15, 0.2) is 77.6 Å². The average Bonchev–Trinajstić information content (AvgIpc) is 3.37. The summed E-state index contributed by atoms with van der Waals surface area (Å²) < 4.78 is 16.3. The summed E-state index contributed by atoms with van der Waals surface area (Å²) in [5.74, 6) is 2.14. The highest BCUT2D eigenvalue weighted by molar-refractivity contribution is 7.80. The van der Waals surface area contributed by atoms with Gasteiger partial charge in [-0.2, -0.15) is 0 Å². The number of rotatable bonds is 8. The maximum absolute atomic E-state index is 13.0. The Morgan fingerprint density at radius 1 is 1.00 bits per heavy atom. The van der Waals surface area contributed by atoms with Gasteiger partial charge in [-0.05, 0) is 65.5 Å². The summed E-state index contributed by atoms with van der Waals surface area (Å²) in [6, 6.07) is 23.6. The van der Waals surface area contributed by atoms with Gasteiger partial charge in [0.2, 0.25) is 6.79 Å². The maximum Gasteiger partial charge on any atom is 0.253 e. The van der Waals surface area contributed by atoms with Crippen LogP contribution in [0.3, 0.4) is 0 Å². The highest BCUT2D eigenvalue weighted by Gasteiger charge is 2.18. The van der Waals surface area contributed by atoms with Gasteiger partial charge in [-0.15, -0.1) is 0 Å². The summed E-state index contributed by atoms with van der Waals surface area (Å²) >= 11 is 5.79. The average molecular weight is 502 g/mol. The van der Waals surface area contributed by atoms with E-state index in [2.05, 4.69) is 22.4 Å². The number of thiocarbonyl (C=S) groups is 1. The second-order valence-electron chi connectivity index (χ2n) is 8.59. The van der Waals surface area contributed by atoms with Gasteiger partial charge in [-0.3, -0.25) is 4.79 Å². The van der Waals surface area contributed by atoms with E-state index in [-0.39, 0.29) is 12.4 Å². The van der Waals surface area contributed by atoms with Crippen LogP contribution < -0.4 is 25.1 Å². The zero-order valence-electron chi connectivity index (χ0n) is 20.0. The first-order chi connectivity index (χ1) is 17.6. The summed E-state index contributed by atoms with van der Waals surface area (Å²) in [5.41, 5.74) is 3.44. The molecule has 0 bridgehead atoms. The number of hydrogen-bond donors (Lipinski definition) is 2. The molecule has 36 heavy (non-hydrogen) atoms. The van der Waals surface area contributed by atoms with Gasteiger partial charge in [0.1, 0.15) is 5.75 Å². The van der Waals surface area contributed by atoms with Crippen LogP contribution in [0.25, 0.3) is 10.9 Å². The molecule has 7 nitrogen and oxygen atoms in total. The van der Waals surface area contributed by atoms with Crippen LogP contribution in [0, 0.1) is 0 Å². The van der Waals surface area contributed by atoms with Gasteiger partial charge in [0.15, 0.2) is 16.6 Å². The van der Waals surface area contributed by atoms with Crippen molar-refractivity contribution in [1.29, 1.82) is 0 Å². The van der Waals surface area contributed by atoms with Crippen LogP contribution >= 0.6 is 12.2 Å². The Morgan fingerprint density at radius 3 is 2.67 bits per heavy atom. The Balaban J connectivity index is 1.37. The Kier molecular flexibility index (Phi) is 7.04. The number of benzene rings is 3. The molecule has 0 unspecified atom stereocenters. The lowest BCUT2D eigenvalue weighted by molar-refractivity contribution is 0.174. The number of nitrogens with one attached hydrogen (secondary N) is 2. The molecule has 0 saturated carbocycles. The van der Waals surface area contributed by atoms with Gasteiger partial charge in [0.05, 0.1) is 19.2 Å². The van der Waals surface area contributed by atoms with E-state index in [1.165, 1.54) is 5.56 Å². The normalized spacial score (nSPS) is 11.9. The van der Waals surface area contributed by atoms with Crippen molar-refractivity contribution in [2.45, 2.75) is 19.5 Å². The number of H-pyrrole nitrogens is 1. The minimum absolute atomic E-state index is 0.154. The topological polar surface area (TPSA) is 75.8 Å². The van der Waals surface area contributed by atoms with Gasteiger partial charge in [0.25, 0.3) is 5.56 Å². The summed E-state index contributed by atoms with van der Waals surface area (Å²) in [7, 11) is 1.60. The predicted molar refractivity (Wildman–Crippen MR) is 144 cm³/mol. The Morgan fingerprint density at radius 2 is 1.83 bits per heavy atom. The monoisotopic (exact) mass is 501 g/mol. The molecular formula is C28H27N3O4S. The van der Waals surface area contributed by atoms with Crippen molar-refractivity contribution in [2.24, 2.45) is 0 Å². The lowest BCUT2D eigenvalue weighted by Gasteiger charge is -2.26. The number of ether oxygens (including phenoxy) is 3. The largest absolute Gasteiger partial charge is 0.497 e. The number of methoxy groups -OCH3 is 1. The van der Waals surface area contributed by atoms with E-state index in [1.807, 2.05) is 65.6 Å². The van der Waals surface area contributed by atoms with E-state index in [9.17, 15) is 4.79 Å². The molecular weight excluding hydrogens is 474 g/mol. The smallest absolute Gasteiger partial charge is 0.253 e. The van der Waals surface area contributed by atoms with E-state index in [4.69, 9.17) is 26.4 Å². The standard InChI is InChI=1S/C28H27N3O4S/c1-33-23-9-8-21-14-22(27(32)30-24(21)15-23)17-31(16-20-7-10-25-26(13-20)35-18-34-25)28(36)29-12-11-19-5-3-2-4-6-19/h2-10,13-15H,11-12,16-18H2,1H3,(H,29,36)(H,30,32). The zero-order valence-corrected chi connectivity index (χ0v) is 20.8. The molecule has 0 aliphatic carbocycles. The van der Waals surface area contributed by atoms with Crippen molar-refractivity contribution < 1.29 is 14.2 Å². The second kappa shape index (κ2) is 10.7. The molecule has 0 spiro atoms. The van der Waals surface area contributed by atoms with Crippen LogP contribution in [-0.2, 0) is 19.5 Å². The second-order valence-corrected chi connectivity index (χ2v) is 8.97. The maximum atomic E-state index is 13.0. The van der Waals surface area contributed by atoms with Crippen LogP contribution in [0.1, 0.15) is 16.7 Å². The number of fused-ring (bicyclic) bond motifs is 2. The highest BCUT2D eigenvalue weighted by Crippen LogP contribution is 2.33. The molecule has 0 saturated heterocycles. The summed E-state index contributed by atoms with van der Waals surface area (Å²) in [6.07, 6.45) is 0.844. The minimum Gasteiger partial charge on any atom is -0.497 e. The van der Waals surface area contributed by atoms with E-state index in [0.717, 1.165) is 28.6 Å². The molecule has 2 heterocycles. The van der Waals surface area contributed by atoms with E-state index in [0.29, 0.717) is 41.8 Å². The molecule has 0 radical (unpaired) electrons. The van der Waals surface area contributed by atoms with Gasteiger partial charge in [-0.1, -0.05) is 36.4 Å². The van der Waals surface area contributed by atoms with Crippen molar-refractivity contribution >= 4 is 28.2 Å². The quantitative estimate of drug-likeness (QED) is 0.347. The van der Waals surface area contributed by atoms with Gasteiger partial charge in [-0.25, -0.2) is 0 Å². The Labute approximate surface area is 214 Å². The van der Waals surface area contributed by atoms with Crippen LogP contribution in [-0.4, -0.2) is 35.4 Å². The number of aromatic amines is 1. The molecule has 184 valence electrons. The minimum atomic E-state index is -0.154. The van der Waals surface area contributed by atoms with Gasteiger partial charge < -0.3 is 29.4 Å². The number of pyridine rings is 1. The van der Waals surface area contributed by atoms with E-state index >= 15 is 0 Å². The van der Waals surface area contributed by atoms with Gasteiger partial charge in [0, 0.05) is 24.7 Å². The van der Waals surface area contributed by atoms with Crippen LogP contribution in [0.5, 0.6) is 17.2 Å². The summed E-state index contributed by atoms with van der Waals surface area (Å²) in [6.45, 7) is 1.77. The SMILES string of the molecule is COc1ccc2cc(CN(Cc3ccc4c(c3)OCO4)C(=S)NCCc3ccccc3)c(=O)[nH]c2c1.